The third kappa shape index (κ3) is 5.67. The van der Waals surface area contributed by atoms with E-state index in [-0.39, 0.29) is 6.61 Å². The van der Waals surface area contributed by atoms with Gasteiger partial charge in [0.1, 0.15) is 0 Å². The van der Waals surface area contributed by atoms with Crippen molar-refractivity contribution in [3.8, 4) is 0 Å². The predicted octanol–water partition coefficient (Wildman–Crippen LogP) is 0.0851. The Labute approximate surface area is 70.6 Å². The number of esters is 2. The van der Waals surface area contributed by atoms with Gasteiger partial charge in [-0.05, 0) is 0 Å². The van der Waals surface area contributed by atoms with E-state index in [1.165, 1.54) is 21.0 Å². The van der Waals surface area contributed by atoms with Gasteiger partial charge in [0.05, 0.1) is 0 Å². The number of hydrogen-bond donors (Lipinski definition) is 0. The van der Waals surface area contributed by atoms with Crippen LogP contribution in [0.25, 0.3) is 0 Å². The van der Waals surface area contributed by atoms with Gasteiger partial charge in [-0.1, -0.05) is 0 Å². The average molecular weight is 176 g/mol. The Morgan fingerprint density at radius 1 is 1.25 bits per heavy atom. The van der Waals surface area contributed by atoms with Crippen LogP contribution in [0.5, 0.6) is 0 Å². The van der Waals surface area contributed by atoms with Gasteiger partial charge >= 0.3 is 11.9 Å². The molecule has 0 radical (unpaired) electrons. The van der Waals surface area contributed by atoms with Crippen molar-refractivity contribution >= 4 is 11.9 Å². The van der Waals surface area contributed by atoms with Gasteiger partial charge in [0.2, 0.25) is 6.29 Å². The Bertz CT molecular complexity index is 165. The van der Waals surface area contributed by atoms with E-state index in [0.29, 0.717) is 0 Å². The van der Waals surface area contributed by atoms with Crippen molar-refractivity contribution in [2.24, 2.45) is 0 Å². The topological polar surface area (TPSA) is 61.8 Å². The highest BCUT2D eigenvalue weighted by Gasteiger charge is 2.11. The summed E-state index contributed by atoms with van der Waals surface area (Å²) in [6.07, 6.45) is -0.814. The number of carbonyl (C=O) groups excluding carboxylic acids is 2. The molecule has 70 valence electrons. The summed E-state index contributed by atoms with van der Waals surface area (Å²) in [5.41, 5.74) is 0. The lowest BCUT2D eigenvalue weighted by molar-refractivity contribution is -0.185. The van der Waals surface area contributed by atoms with Crippen LogP contribution in [-0.4, -0.2) is 31.9 Å². The monoisotopic (exact) mass is 176 g/mol. The normalized spacial score (nSPS) is 11.9. The van der Waals surface area contributed by atoms with Crippen LogP contribution in [0.2, 0.25) is 0 Å². The smallest absolute Gasteiger partial charge is 0.305 e. The summed E-state index contributed by atoms with van der Waals surface area (Å²) in [6, 6.07) is 0. The van der Waals surface area contributed by atoms with Gasteiger partial charge < -0.3 is 14.2 Å². The molecule has 12 heavy (non-hydrogen) atoms. The summed E-state index contributed by atoms with van der Waals surface area (Å²) in [6.45, 7) is 2.44. The van der Waals surface area contributed by atoms with Crippen LogP contribution in [0.15, 0.2) is 0 Å². The maximum atomic E-state index is 10.4. The van der Waals surface area contributed by atoms with Crippen molar-refractivity contribution in [2.45, 2.75) is 20.1 Å². The Morgan fingerprint density at radius 2 is 1.83 bits per heavy atom. The molecule has 0 saturated carbocycles. The van der Waals surface area contributed by atoms with Crippen LogP contribution in [0.4, 0.5) is 0 Å². The Hall–Kier alpha value is -1.10. The summed E-state index contributed by atoms with van der Waals surface area (Å²) < 4.78 is 13.9. The zero-order valence-electron chi connectivity index (χ0n) is 7.33. The van der Waals surface area contributed by atoms with Crippen molar-refractivity contribution in [1.29, 1.82) is 0 Å². The van der Waals surface area contributed by atoms with Crippen LogP contribution >= 0.6 is 0 Å². The minimum absolute atomic E-state index is 0.0780. The van der Waals surface area contributed by atoms with Gasteiger partial charge in [0, 0.05) is 21.0 Å². The van der Waals surface area contributed by atoms with E-state index in [4.69, 9.17) is 4.74 Å². The summed E-state index contributed by atoms with van der Waals surface area (Å²) in [5.74, 6) is -0.918. The lowest BCUT2D eigenvalue weighted by atomic mass is 10.6. The first kappa shape index (κ1) is 10.9. The number of ether oxygens (including phenoxy) is 3. The van der Waals surface area contributed by atoms with Crippen molar-refractivity contribution in [3.05, 3.63) is 0 Å². The van der Waals surface area contributed by atoms with Gasteiger partial charge in [0.15, 0.2) is 6.61 Å². The lowest BCUT2D eigenvalue weighted by Crippen LogP contribution is -2.25. The molecule has 0 bridgehead atoms. The fourth-order valence-corrected chi connectivity index (χ4v) is 0.521. The third-order valence-corrected chi connectivity index (χ3v) is 0.983. The molecular weight excluding hydrogens is 164 g/mol. The van der Waals surface area contributed by atoms with Crippen LogP contribution in [0.1, 0.15) is 13.8 Å². The molecule has 0 amide bonds. The molecule has 0 fully saturated rings. The first-order chi connectivity index (χ1) is 5.56. The molecule has 5 nitrogen and oxygen atoms in total. The van der Waals surface area contributed by atoms with Gasteiger partial charge in [0.25, 0.3) is 0 Å². The van der Waals surface area contributed by atoms with Gasteiger partial charge in [-0.3, -0.25) is 9.59 Å². The van der Waals surface area contributed by atoms with Crippen molar-refractivity contribution in [1.82, 2.24) is 0 Å². The number of rotatable bonds is 4. The quantitative estimate of drug-likeness (QED) is 0.448. The summed E-state index contributed by atoms with van der Waals surface area (Å²) >= 11 is 0. The average Bonchev–Trinajstić information content (AvgIpc) is 1.97. The van der Waals surface area contributed by atoms with Crippen LogP contribution in [-0.2, 0) is 23.8 Å². The van der Waals surface area contributed by atoms with Gasteiger partial charge in [-0.15, -0.1) is 0 Å². The first-order valence-electron chi connectivity index (χ1n) is 3.39. The molecular formula is C7H12O5. The lowest BCUT2D eigenvalue weighted by Gasteiger charge is -2.13. The van der Waals surface area contributed by atoms with E-state index >= 15 is 0 Å². The molecule has 0 aliphatic rings. The van der Waals surface area contributed by atoms with E-state index < -0.39 is 18.2 Å². The SMILES string of the molecule is COC(COC(C)=O)OC(C)=O. The Morgan fingerprint density at radius 3 is 2.17 bits per heavy atom. The summed E-state index contributed by atoms with van der Waals surface area (Å²) in [7, 11) is 1.36. The Balaban J connectivity index is 3.67. The van der Waals surface area contributed by atoms with Crippen LogP contribution in [0.3, 0.4) is 0 Å². The highest BCUT2D eigenvalue weighted by molar-refractivity contribution is 5.66. The van der Waals surface area contributed by atoms with E-state index in [1.54, 1.807) is 0 Å². The van der Waals surface area contributed by atoms with Crippen molar-refractivity contribution < 1.29 is 23.8 Å². The maximum absolute atomic E-state index is 10.4. The molecule has 0 aromatic carbocycles. The molecule has 1 unspecified atom stereocenters. The van der Waals surface area contributed by atoms with Gasteiger partial charge in [-0.2, -0.15) is 0 Å². The highest BCUT2D eigenvalue weighted by Crippen LogP contribution is 1.94. The highest BCUT2D eigenvalue weighted by atomic mass is 16.7. The van der Waals surface area contributed by atoms with E-state index in [9.17, 15) is 9.59 Å². The molecule has 0 aliphatic heterocycles. The molecule has 0 saturated heterocycles. The van der Waals surface area contributed by atoms with E-state index in [0.717, 1.165) is 0 Å². The van der Waals surface area contributed by atoms with Crippen LogP contribution in [0, 0.1) is 0 Å². The second-order valence-electron chi connectivity index (χ2n) is 2.08. The summed E-state index contributed by atoms with van der Waals surface area (Å²) in [4.78, 5) is 20.7. The minimum atomic E-state index is -0.814. The molecule has 5 heteroatoms. The number of methoxy groups -OCH3 is 1. The van der Waals surface area contributed by atoms with E-state index in [1.807, 2.05) is 0 Å². The molecule has 0 aliphatic carbocycles. The predicted molar refractivity (Wildman–Crippen MR) is 39.2 cm³/mol. The Kier molecular flexibility index (Phi) is 5.03. The van der Waals surface area contributed by atoms with Crippen molar-refractivity contribution in [2.75, 3.05) is 13.7 Å². The largest absolute Gasteiger partial charge is 0.459 e. The zero-order valence-corrected chi connectivity index (χ0v) is 7.33. The third-order valence-electron chi connectivity index (χ3n) is 0.983. The summed E-state index contributed by atoms with van der Waals surface area (Å²) in [5, 5.41) is 0. The standard InChI is InChI=1S/C7H12O5/c1-5(8)11-4-7(10-3)12-6(2)9/h7H,4H2,1-3H3. The fraction of sp³-hybridized carbons (Fsp3) is 0.714. The second-order valence-corrected chi connectivity index (χ2v) is 2.08. The molecule has 1 atom stereocenters. The molecule has 0 spiro atoms. The van der Waals surface area contributed by atoms with Gasteiger partial charge in [-0.25, -0.2) is 0 Å². The number of hydrogen-bond acceptors (Lipinski definition) is 5. The fourth-order valence-electron chi connectivity index (χ4n) is 0.521. The molecule has 0 heterocycles. The number of carbonyl (C=O) groups is 2. The molecule has 0 aromatic rings. The molecule has 0 aromatic heterocycles. The minimum Gasteiger partial charge on any atom is -0.459 e. The molecule has 0 rings (SSSR count). The maximum Gasteiger partial charge on any atom is 0.305 e. The van der Waals surface area contributed by atoms with Crippen LogP contribution < -0.4 is 0 Å². The second kappa shape index (κ2) is 5.54. The van der Waals surface area contributed by atoms with Crippen molar-refractivity contribution in [3.63, 3.8) is 0 Å². The first-order valence-corrected chi connectivity index (χ1v) is 3.39. The van der Waals surface area contributed by atoms with E-state index in [2.05, 4.69) is 9.47 Å². The zero-order chi connectivity index (χ0) is 9.56. The molecule has 0 N–H and O–H groups in total.